The molecule has 0 aromatic heterocycles. The molecule has 182 valence electrons. The van der Waals surface area contributed by atoms with Crippen LogP contribution in [-0.4, -0.2) is 32.3 Å². The summed E-state index contributed by atoms with van der Waals surface area (Å²) in [6.45, 7) is 1.79. The van der Waals surface area contributed by atoms with Crippen LogP contribution >= 0.6 is 0 Å². The number of methoxy groups -OCH3 is 1. The quantitative estimate of drug-likeness (QED) is 0.377. The van der Waals surface area contributed by atoms with Crippen LogP contribution in [0.3, 0.4) is 0 Å². The number of amides is 2. The molecule has 0 spiro atoms. The minimum absolute atomic E-state index is 0.150. The number of carbonyl (C=O) groups is 2. The molecule has 2 N–H and O–H groups in total. The highest BCUT2D eigenvalue weighted by atomic mass is 16.7. The van der Waals surface area contributed by atoms with Crippen molar-refractivity contribution in [1.29, 1.82) is 0 Å². The number of hydrogen-bond donors (Lipinski definition) is 2. The average Bonchev–Trinajstić information content (AvgIpc) is 3.35. The van der Waals surface area contributed by atoms with Crippen molar-refractivity contribution in [3.8, 4) is 23.0 Å². The topological polar surface area (TPSA) is 95.1 Å². The van der Waals surface area contributed by atoms with Crippen molar-refractivity contribution in [3.05, 3.63) is 83.9 Å². The molecule has 0 atom stereocenters. The maximum absolute atomic E-state index is 13.3. The molecule has 4 aromatic rings. The molecule has 0 aliphatic carbocycles. The van der Waals surface area contributed by atoms with E-state index in [-0.39, 0.29) is 25.2 Å². The number of benzene rings is 4. The lowest BCUT2D eigenvalue weighted by atomic mass is 10.0. The maximum Gasteiger partial charge on any atom is 0.262 e. The van der Waals surface area contributed by atoms with Gasteiger partial charge in [-0.05, 0) is 59.7 Å². The van der Waals surface area contributed by atoms with E-state index in [2.05, 4.69) is 10.6 Å². The average molecular weight is 485 g/mol. The van der Waals surface area contributed by atoms with Crippen LogP contribution < -0.4 is 29.6 Å². The lowest BCUT2D eigenvalue weighted by Gasteiger charge is -2.15. The minimum atomic E-state index is -0.381. The fraction of sp³-hybridized carbons (Fsp3) is 0.143. The van der Waals surface area contributed by atoms with Gasteiger partial charge in [-0.2, -0.15) is 0 Å². The molecule has 1 aliphatic heterocycles. The number of nitrogens with one attached hydrogen (secondary N) is 2. The van der Waals surface area contributed by atoms with E-state index >= 15 is 0 Å². The van der Waals surface area contributed by atoms with Gasteiger partial charge in [-0.3, -0.25) is 9.59 Å². The SMILES string of the molecule is COc1ccc(C)cc1NC(=O)c1cc2ccccc2cc1OCC(=O)Nc1ccc2c(c1)OCO2. The van der Waals surface area contributed by atoms with Crippen molar-refractivity contribution in [1.82, 2.24) is 0 Å². The molecular formula is C28H24N2O6. The van der Waals surface area contributed by atoms with Gasteiger partial charge < -0.3 is 29.6 Å². The normalized spacial score (nSPS) is 11.7. The van der Waals surface area contributed by atoms with Crippen LogP contribution in [0.15, 0.2) is 72.8 Å². The molecule has 0 radical (unpaired) electrons. The Kier molecular flexibility index (Phi) is 6.32. The second-order valence-corrected chi connectivity index (χ2v) is 8.26. The Labute approximate surface area is 207 Å². The number of aryl methyl sites for hydroxylation is 1. The maximum atomic E-state index is 13.3. The molecule has 0 bridgehead atoms. The van der Waals surface area contributed by atoms with E-state index in [9.17, 15) is 9.59 Å². The van der Waals surface area contributed by atoms with Crippen LogP contribution in [0.4, 0.5) is 11.4 Å². The zero-order valence-electron chi connectivity index (χ0n) is 19.8. The Hall–Kier alpha value is -4.72. The van der Waals surface area contributed by atoms with Crippen LogP contribution in [-0.2, 0) is 4.79 Å². The van der Waals surface area contributed by atoms with E-state index in [0.29, 0.717) is 39.9 Å². The highest BCUT2D eigenvalue weighted by Crippen LogP contribution is 2.34. The largest absolute Gasteiger partial charge is 0.495 e. The first kappa shape index (κ1) is 23.0. The van der Waals surface area contributed by atoms with Crippen molar-refractivity contribution in [2.75, 3.05) is 31.1 Å². The number of fused-ring (bicyclic) bond motifs is 2. The van der Waals surface area contributed by atoms with Gasteiger partial charge >= 0.3 is 0 Å². The lowest BCUT2D eigenvalue weighted by molar-refractivity contribution is -0.118. The van der Waals surface area contributed by atoms with E-state index < -0.39 is 0 Å². The van der Waals surface area contributed by atoms with Crippen LogP contribution in [0, 0.1) is 6.92 Å². The van der Waals surface area contributed by atoms with Gasteiger partial charge in [-0.1, -0.05) is 30.3 Å². The molecule has 1 aliphatic rings. The molecule has 0 saturated carbocycles. The standard InChI is InChI=1S/C28H24N2O6/c1-17-7-9-23(33-2)22(11-17)30-28(32)21-12-18-5-3-4-6-19(18)13-25(21)34-15-27(31)29-20-8-10-24-26(14-20)36-16-35-24/h3-14H,15-16H2,1-2H3,(H,29,31)(H,30,32). The first-order valence-corrected chi connectivity index (χ1v) is 11.3. The summed E-state index contributed by atoms with van der Waals surface area (Å²) >= 11 is 0. The first-order valence-electron chi connectivity index (χ1n) is 11.3. The summed E-state index contributed by atoms with van der Waals surface area (Å²) in [6.07, 6.45) is 0. The molecule has 36 heavy (non-hydrogen) atoms. The molecule has 0 saturated heterocycles. The van der Waals surface area contributed by atoms with Gasteiger partial charge in [0, 0.05) is 11.8 Å². The number of ether oxygens (including phenoxy) is 4. The molecule has 1 heterocycles. The summed E-state index contributed by atoms with van der Waals surface area (Å²) < 4.78 is 21.9. The van der Waals surface area contributed by atoms with E-state index in [4.69, 9.17) is 18.9 Å². The van der Waals surface area contributed by atoms with Gasteiger partial charge in [-0.25, -0.2) is 0 Å². The molecular weight excluding hydrogens is 460 g/mol. The van der Waals surface area contributed by atoms with Crippen molar-refractivity contribution in [2.45, 2.75) is 6.92 Å². The predicted molar refractivity (Wildman–Crippen MR) is 136 cm³/mol. The Bertz CT molecular complexity index is 1470. The molecule has 0 fully saturated rings. The first-order chi connectivity index (χ1) is 17.5. The summed E-state index contributed by atoms with van der Waals surface area (Å²) in [5, 5.41) is 7.43. The smallest absolute Gasteiger partial charge is 0.262 e. The monoisotopic (exact) mass is 484 g/mol. The summed E-state index contributed by atoms with van der Waals surface area (Å²) in [6, 6.07) is 21.8. The second kappa shape index (κ2) is 9.87. The van der Waals surface area contributed by atoms with Crippen molar-refractivity contribution in [2.24, 2.45) is 0 Å². The van der Waals surface area contributed by atoms with Crippen LogP contribution in [0.2, 0.25) is 0 Å². The van der Waals surface area contributed by atoms with Gasteiger partial charge in [-0.15, -0.1) is 0 Å². The molecule has 5 rings (SSSR count). The Morgan fingerprint density at radius 2 is 1.64 bits per heavy atom. The van der Waals surface area contributed by atoms with E-state index in [1.807, 2.05) is 43.3 Å². The third-order valence-electron chi connectivity index (χ3n) is 5.71. The van der Waals surface area contributed by atoms with E-state index in [1.165, 1.54) is 0 Å². The fourth-order valence-electron chi connectivity index (χ4n) is 3.94. The van der Waals surface area contributed by atoms with Crippen LogP contribution in [0.25, 0.3) is 10.8 Å². The van der Waals surface area contributed by atoms with Gasteiger partial charge in [0.05, 0.1) is 18.4 Å². The van der Waals surface area contributed by atoms with E-state index in [1.54, 1.807) is 43.5 Å². The summed E-state index contributed by atoms with van der Waals surface area (Å²) in [5.74, 6) is 1.26. The number of carbonyl (C=O) groups excluding carboxylic acids is 2. The molecule has 4 aromatic carbocycles. The third-order valence-corrected chi connectivity index (χ3v) is 5.71. The predicted octanol–water partition coefficient (Wildman–Crippen LogP) is 5.16. The Morgan fingerprint density at radius 3 is 2.44 bits per heavy atom. The van der Waals surface area contributed by atoms with Crippen molar-refractivity contribution < 1.29 is 28.5 Å². The molecule has 2 amide bonds. The minimum Gasteiger partial charge on any atom is -0.495 e. The lowest BCUT2D eigenvalue weighted by Crippen LogP contribution is -2.21. The van der Waals surface area contributed by atoms with Crippen LogP contribution in [0.5, 0.6) is 23.0 Å². The zero-order valence-corrected chi connectivity index (χ0v) is 19.8. The fourth-order valence-corrected chi connectivity index (χ4v) is 3.94. The number of anilines is 2. The van der Waals surface area contributed by atoms with Crippen molar-refractivity contribution >= 4 is 34.0 Å². The van der Waals surface area contributed by atoms with E-state index in [0.717, 1.165) is 16.3 Å². The van der Waals surface area contributed by atoms with Gasteiger partial charge in [0.15, 0.2) is 18.1 Å². The zero-order chi connectivity index (χ0) is 25.1. The summed E-state index contributed by atoms with van der Waals surface area (Å²) in [7, 11) is 1.55. The van der Waals surface area contributed by atoms with Crippen molar-refractivity contribution in [3.63, 3.8) is 0 Å². The highest BCUT2D eigenvalue weighted by molar-refractivity contribution is 6.09. The van der Waals surface area contributed by atoms with Gasteiger partial charge in [0.2, 0.25) is 6.79 Å². The summed E-state index contributed by atoms with van der Waals surface area (Å²) in [5.41, 5.74) is 2.37. The number of hydrogen-bond acceptors (Lipinski definition) is 6. The molecule has 0 unspecified atom stereocenters. The Balaban J connectivity index is 1.37. The highest BCUT2D eigenvalue weighted by Gasteiger charge is 2.18. The third kappa shape index (κ3) is 4.88. The van der Waals surface area contributed by atoms with Crippen LogP contribution in [0.1, 0.15) is 15.9 Å². The molecule has 8 heteroatoms. The van der Waals surface area contributed by atoms with Gasteiger partial charge in [0.1, 0.15) is 11.5 Å². The molecule has 8 nitrogen and oxygen atoms in total. The van der Waals surface area contributed by atoms with Gasteiger partial charge in [0.25, 0.3) is 11.8 Å². The summed E-state index contributed by atoms with van der Waals surface area (Å²) in [4.78, 5) is 25.9. The second-order valence-electron chi connectivity index (χ2n) is 8.26. The number of rotatable bonds is 7. The Morgan fingerprint density at radius 1 is 0.861 bits per heavy atom.